The number of aryl methyl sites for hydroxylation is 1. The topological polar surface area (TPSA) is 12.0 Å². The summed E-state index contributed by atoms with van der Waals surface area (Å²) < 4.78 is 0. The number of benzene rings is 1. The van der Waals surface area contributed by atoms with Crippen LogP contribution in [-0.4, -0.2) is 13.1 Å². The van der Waals surface area contributed by atoms with Crippen molar-refractivity contribution in [3.8, 4) is 0 Å². The Morgan fingerprint density at radius 3 is 2.79 bits per heavy atom. The van der Waals surface area contributed by atoms with Crippen LogP contribution in [0.25, 0.3) is 0 Å². The summed E-state index contributed by atoms with van der Waals surface area (Å²) in [4.78, 5) is 0. The normalized spacial score (nSPS) is 22.1. The van der Waals surface area contributed by atoms with Crippen molar-refractivity contribution in [1.82, 2.24) is 5.32 Å². The molecular formula is C13H18N. The molecule has 0 spiro atoms. The summed E-state index contributed by atoms with van der Waals surface area (Å²) in [5, 5.41) is 3.44. The third-order valence-corrected chi connectivity index (χ3v) is 2.87. The van der Waals surface area contributed by atoms with E-state index in [-0.39, 0.29) is 0 Å². The Hall–Kier alpha value is -0.820. The summed E-state index contributed by atoms with van der Waals surface area (Å²) in [5.74, 6) is 0.781. The maximum absolute atomic E-state index is 3.44. The van der Waals surface area contributed by atoms with Gasteiger partial charge in [-0.25, -0.2) is 0 Å². The highest BCUT2D eigenvalue weighted by molar-refractivity contribution is 5.14. The van der Waals surface area contributed by atoms with E-state index in [4.69, 9.17) is 0 Å². The minimum atomic E-state index is 0.781. The molecule has 1 aromatic rings. The first-order chi connectivity index (χ1) is 6.95. The van der Waals surface area contributed by atoms with E-state index in [1.807, 2.05) is 0 Å². The van der Waals surface area contributed by atoms with Gasteiger partial charge >= 0.3 is 0 Å². The fourth-order valence-electron chi connectivity index (χ4n) is 2.01. The molecule has 75 valence electrons. The molecular weight excluding hydrogens is 170 g/mol. The Labute approximate surface area is 86.5 Å². The van der Waals surface area contributed by atoms with Crippen LogP contribution in [0.1, 0.15) is 18.4 Å². The molecule has 1 atom stereocenters. The van der Waals surface area contributed by atoms with E-state index in [0.717, 1.165) is 5.92 Å². The van der Waals surface area contributed by atoms with Crippen molar-refractivity contribution >= 4 is 0 Å². The summed E-state index contributed by atoms with van der Waals surface area (Å²) in [5.41, 5.74) is 1.46. The van der Waals surface area contributed by atoms with Crippen molar-refractivity contribution in [2.24, 2.45) is 5.92 Å². The molecule has 1 N–H and O–H groups in total. The van der Waals surface area contributed by atoms with Crippen LogP contribution < -0.4 is 5.32 Å². The summed E-state index contributed by atoms with van der Waals surface area (Å²) >= 11 is 0. The van der Waals surface area contributed by atoms with Crippen LogP contribution in [0.4, 0.5) is 0 Å². The predicted octanol–water partition coefficient (Wildman–Crippen LogP) is 2.43. The molecule has 0 aliphatic carbocycles. The zero-order valence-corrected chi connectivity index (χ0v) is 8.58. The van der Waals surface area contributed by atoms with Gasteiger partial charge in [-0.3, -0.25) is 0 Å². The third-order valence-electron chi connectivity index (χ3n) is 2.87. The standard InChI is InChI=1S/C13H18N/c1-2-5-12(6-3-1)8-9-13-7-4-10-14-11-13/h1-3,5-7,13-14H,4,8-11H2/t13-/m1/s1. The lowest BCUT2D eigenvalue weighted by molar-refractivity contribution is 0.440. The molecule has 1 fully saturated rings. The van der Waals surface area contributed by atoms with Gasteiger partial charge in [0.25, 0.3) is 0 Å². The number of hydrogen-bond donors (Lipinski definition) is 1. The number of hydrogen-bond acceptors (Lipinski definition) is 1. The summed E-state index contributed by atoms with van der Waals surface area (Å²) in [7, 11) is 0. The van der Waals surface area contributed by atoms with Crippen LogP contribution in [0.5, 0.6) is 0 Å². The Bertz CT molecular complexity index is 249. The van der Waals surface area contributed by atoms with Crippen LogP contribution in [0.15, 0.2) is 30.3 Å². The zero-order valence-electron chi connectivity index (χ0n) is 8.58. The third kappa shape index (κ3) is 2.85. The molecule has 14 heavy (non-hydrogen) atoms. The molecule has 0 unspecified atom stereocenters. The van der Waals surface area contributed by atoms with Crippen molar-refractivity contribution in [2.75, 3.05) is 13.1 Å². The van der Waals surface area contributed by atoms with Gasteiger partial charge in [0.05, 0.1) is 0 Å². The van der Waals surface area contributed by atoms with Crippen LogP contribution in [-0.2, 0) is 6.42 Å². The Balaban J connectivity index is 1.76. The second-order valence-corrected chi connectivity index (χ2v) is 4.01. The number of rotatable bonds is 3. The molecule has 0 saturated carbocycles. The highest BCUT2D eigenvalue weighted by atomic mass is 14.9. The van der Waals surface area contributed by atoms with E-state index < -0.39 is 0 Å². The molecule has 1 heterocycles. The lowest BCUT2D eigenvalue weighted by atomic mass is 9.93. The first-order valence-corrected chi connectivity index (χ1v) is 5.53. The van der Waals surface area contributed by atoms with Gasteiger partial charge in [0.1, 0.15) is 0 Å². The molecule has 1 saturated heterocycles. The second kappa shape index (κ2) is 5.16. The maximum atomic E-state index is 3.44. The smallest absolute Gasteiger partial charge is 0.00176 e. The molecule has 1 heteroatoms. The predicted molar refractivity (Wildman–Crippen MR) is 60.0 cm³/mol. The fraction of sp³-hybridized carbons (Fsp3) is 0.462. The Kier molecular flexibility index (Phi) is 3.58. The molecule has 1 aromatic carbocycles. The van der Waals surface area contributed by atoms with Crippen molar-refractivity contribution in [3.05, 3.63) is 42.3 Å². The number of piperidine rings is 1. The van der Waals surface area contributed by atoms with Gasteiger partial charge in [0, 0.05) is 0 Å². The molecule has 1 radical (unpaired) electrons. The summed E-state index contributed by atoms with van der Waals surface area (Å²) in [6.45, 7) is 2.34. The molecule has 1 aliphatic heterocycles. The molecule has 0 bridgehead atoms. The molecule has 1 aliphatic rings. The number of nitrogens with one attached hydrogen (secondary N) is 1. The first kappa shape index (κ1) is 9.72. The van der Waals surface area contributed by atoms with E-state index in [1.165, 1.54) is 37.9 Å². The van der Waals surface area contributed by atoms with Crippen molar-refractivity contribution in [1.29, 1.82) is 0 Å². The van der Waals surface area contributed by atoms with Gasteiger partial charge in [-0.15, -0.1) is 0 Å². The van der Waals surface area contributed by atoms with Crippen molar-refractivity contribution in [3.63, 3.8) is 0 Å². The van der Waals surface area contributed by atoms with Crippen LogP contribution in [0, 0.1) is 12.3 Å². The van der Waals surface area contributed by atoms with E-state index in [1.54, 1.807) is 0 Å². The highest BCUT2D eigenvalue weighted by Crippen LogP contribution is 2.15. The van der Waals surface area contributed by atoms with Gasteiger partial charge < -0.3 is 5.32 Å². The van der Waals surface area contributed by atoms with Crippen LogP contribution >= 0.6 is 0 Å². The van der Waals surface area contributed by atoms with E-state index >= 15 is 0 Å². The van der Waals surface area contributed by atoms with Gasteiger partial charge in [-0.1, -0.05) is 30.3 Å². The monoisotopic (exact) mass is 188 g/mol. The van der Waals surface area contributed by atoms with E-state index in [9.17, 15) is 0 Å². The molecule has 2 rings (SSSR count). The summed E-state index contributed by atoms with van der Waals surface area (Å²) in [6, 6.07) is 10.8. The molecule has 0 amide bonds. The van der Waals surface area contributed by atoms with Gasteiger partial charge in [-0.2, -0.15) is 0 Å². The average molecular weight is 188 g/mol. The van der Waals surface area contributed by atoms with Crippen molar-refractivity contribution in [2.45, 2.75) is 19.3 Å². The van der Waals surface area contributed by atoms with Gasteiger partial charge in [0.2, 0.25) is 0 Å². The molecule has 0 aromatic heterocycles. The SMILES string of the molecule is [CH]1CCNC[C@H]1CCc1ccccc1. The quantitative estimate of drug-likeness (QED) is 0.768. The first-order valence-electron chi connectivity index (χ1n) is 5.53. The van der Waals surface area contributed by atoms with Crippen LogP contribution in [0.2, 0.25) is 0 Å². The minimum absolute atomic E-state index is 0.781. The highest BCUT2D eigenvalue weighted by Gasteiger charge is 2.12. The maximum Gasteiger partial charge on any atom is -0.00176 e. The van der Waals surface area contributed by atoms with Crippen LogP contribution in [0.3, 0.4) is 0 Å². The lowest BCUT2D eigenvalue weighted by Gasteiger charge is -2.22. The van der Waals surface area contributed by atoms with Gasteiger partial charge in [0.15, 0.2) is 0 Å². The zero-order chi connectivity index (χ0) is 9.64. The summed E-state index contributed by atoms with van der Waals surface area (Å²) in [6.07, 6.45) is 6.21. The average Bonchev–Trinajstić information content (AvgIpc) is 2.29. The fourth-order valence-corrected chi connectivity index (χ4v) is 2.01. The largest absolute Gasteiger partial charge is 0.316 e. The second-order valence-electron chi connectivity index (χ2n) is 4.01. The van der Waals surface area contributed by atoms with E-state index in [2.05, 4.69) is 42.1 Å². The van der Waals surface area contributed by atoms with Crippen molar-refractivity contribution < 1.29 is 0 Å². The Morgan fingerprint density at radius 1 is 1.21 bits per heavy atom. The van der Waals surface area contributed by atoms with Gasteiger partial charge in [-0.05, 0) is 50.3 Å². The van der Waals surface area contributed by atoms with E-state index in [0.29, 0.717) is 0 Å². The lowest BCUT2D eigenvalue weighted by Crippen LogP contribution is -2.30. The Morgan fingerprint density at radius 2 is 2.07 bits per heavy atom. The minimum Gasteiger partial charge on any atom is -0.316 e. The molecule has 1 nitrogen and oxygen atoms in total.